The van der Waals surface area contributed by atoms with E-state index in [1.54, 1.807) is 12.3 Å². The summed E-state index contributed by atoms with van der Waals surface area (Å²) in [7, 11) is 0. The summed E-state index contributed by atoms with van der Waals surface area (Å²) in [5, 5.41) is 13.9. The Hall–Kier alpha value is -1.49. The van der Waals surface area contributed by atoms with Crippen molar-refractivity contribution in [2.75, 3.05) is 6.54 Å². The fourth-order valence-electron chi connectivity index (χ4n) is 1.50. The predicted molar refractivity (Wildman–Crippen MR) is 57.7 cm³/mol. The van der Waals surface area contributed by atoms with Gasteiger partial charge in [-0.2, -0.15) is 0 Å². The number of hydrogen-bond acceptors (Lipinski definition) is 4. The molecule has 1 rings (SSSR count). The van der Waals surface area contributed by atoms with Crippen LogP contribution in [0, 0.1) is 10.1 Å². The molecule has 5 nitrogen and oxygen atoms in total. The monoisotopic (exact) mass is 209 g/mol. The third-order valence-corrected chi connectivity index (χ3v) is 2.16. The minimum Gasteiger partial charge on any atom is -0.314 e. The van der Waals surface area contributed by atoms with Crippen molar-refractivity contribution in [1.29, 1.82) is 0 Å². The predicted octanol–water partition coefficient (Wildman–Crippen LogP) is 1.53. The molecule has 0 radical (unpaired) electrons. The van der Waals surface area contributed by atoms with Gasteiger partial charge in [-0.05, 0) is 26.0 Å². The van der Waals surface area contributed by atoms with Gasteiger partial charge in [0.1, 0.15) is 6.20 Å². The van der Waals surface area contributed by atoms with Crippen LogP contribution in [0.3, 0.4) is 0 Å². The van der Waals surface area contributed by atoms with Gasteiger partial charge in [0.25, 0.3) is 5.69 Å². The number of nitrogens with zero attached hydrogens (tertiary/aromatic N) is 2. The smallest absolute Gasteiger partial charge is 0.290 e. The highest BCUT2D eigenvalue weighted by Crippen LogP contribution is 2.17. The first kappa shape index (κ1) is 11.6. The van der Waals surface area contributed by atoms with Crippen LogP contribution in [-0.2, 0) is 6.42 Å². The maximum absolute atomic E-state index is 10.7. The van der Waals surface area contributed by atoms with E-state index < -0.39 is 0 Å². The normalized spacial score (nSPS) is 12.4. The molecule has 0 aliphatic rings. The molecule has 1 atom stereocenters. The zero-order valence-electron chi connectivity index (χ0n) is 8.93. The van der Waals surface area contributed by atoms with Gasteiger partial charge in [-0.15, -0.1) is 0 Å². The molecule has 1 heterocycles. The Labute approximate surface area is 88.7 Å². The van der Waals surface area contributed by atoms with E-state index >= 15 is 0 Å². The first-order valence-corrected chi connectivity index (χ1v) is 4.95. The lowest BCUT2D eigenvalue weighted by Crippen LogP contribution is -2.27. The summed E-state index contributed by atoms with van der Waals surface area (Å²) in [6.07, 6.45) is 3.53. The highest BCUT2D eigenvalue weighted by Gasteiger charge is 2.14. The van der Waals surface area contributed by atoms with Gasteiger partial charge in [-0.3, -0.25) is 15.1 Å². The Morgan fingerprint density at radius 2 is 2.40 bits per heavy atom. The summed E-state index contributed by atoms with van der Waals surface area (Å²) in [6.45, 7) is 4.88. The summed E-state index contributed by atoms with van der Waals surface area (Å²) in [6, 6.07) is 1.93. The van der Waals surface area contributed by atoms with Crippen LogP contribution in [-0.4, -0.2) is 22.5 Å². The van der Waals surface area contributed by atoms with Crippen molar-refractivity contribution in [3.8, 4) is 0 Å². The molecular formula is C10H15N3O2. The summed E-state index contributed by atoms with van der Waals surface area (Å²) in [5.41, 5.74) is 0.825. The van der Waals surface area contributed by atoms with Crippen molar-refractivity contribution < 1.29 is 4.92 Å². The van der Waals surface area contributed by atoms with Gasteiger partial charge in [-0.1, -0.05) is 6.92 Å². The lowest BCUT2D eigenvalue weighted by Gasteiger charge is -2.11. The van der Waals surface area contributed by atoms with Crippen LogP contribution in [0.25, 0.3) is 0 Å². The number of nitrogens with one attached hydrogen (secondary N) is 1. The molecule has 1 aromatic heterocycles. The van der Waals surface area contributed by atoms with Crippen molar-refractivity contribution in [2.24, 2.45) is 0 Å². The fourth-order valence-corrected chi connectivity index (χ4v) is 1.50. The molecular weight excluding hydrogens is 194 g/mol. The van der Waals surface area contributed by atoms with E-state index in [1.807, 2.05) is 13.8 Å². The zero-order valence-corrected chi connectivity index (χ0v) is 8.93. The molecule has 1 aromatic rings. The molecule has 1 unspecified atom stereocenters. The molecule has 0 fully saturated rings. The van der Waals surface area contributed by atoms with E-state index in [0.717, 1.165) is 12.1 Å². The van der Waals surface area contributed by atoms with E-state index in [0.29, 0.717) is 6.42 Å². The lowest BCUT2D eigenvalue weighted by atomic mass is 10.1. The van der Waals surface area contributed by atoms with Gasteiger partial charge in [-0.25, -0.2) is 0 Å². The maximum atomic E-state index is 10.7. The van der Waals surface area contributed by atoms with Crippen molar-refractivity contribution in [3.63, 3.8) is 0 Å². The van der Waals surface area contributed by atoms with Gasteiger partial charge in [0.05, 0.1) is 4.92 Å². The van der Waals surface area contributed by atoms with E-state index in [4.69, 9.17) is 0 Å². The van der Waals surface area contributed by atoms with E-state index in [1.165, 1.54) is 6.20 Å². The molecule has 0 aliphatic heterocycles. The number of likely N-dealkylation sites (N-methyl/N-ethyl adjacent to an activating group) is 1. The van der Waals surface area contributed by atoms with Crippen LogP contribution in [0.15, 0.2) is 18.5 Å². The molecule has 82 valence electrons. The topological polar surface area (TPSA) is 68.1 Å². The summed E-state index contributed by atoms with van der Waals surface area (Å²) >= 11 is 0. The molecule has 15 heavy (non-hydrogen) atoms. The largest absolute Gasteiger partial charge is 0.314 e. The fraction of sp³-hybridized carbons (Fsp3) is 0.500. The highest BCUT2D eigenvalue weighted by molar-refractivity contribution is 5.37. The first-order chi connectivity index (χ1) is 7.15. The molecule has 0 saturated heterocycles. The van der Waals surface area contributed by atoms with Crippen LogP contribution in [0.2, 0.25) is 0 Å². The van der Waals surface area contributed by atoms with Crippen molar-refractivity contribution >= 4 is 5.69 Å². The standard InChI is InChI=1S/C10H15N3O2/c1-3-12-8(2)6-9-4-5-11-7-10(9)13(14)15/h4-5,7-8,12H,3,6H2,1-2H3. The van der Waals surface area contributed by atoms with E-state index in [9.17, 15) is 10.1 Å². The second-order valence-electron chi connectivity index (χ2n) is 3.42. The Balaban J connectivity index is 2.79. The SMILES string of the molecule is CCNC(C)Cc1ccncc1[N+](=O)[O-]. The number of aromatic nitrogens is 1. The molecule has 0 amide bonds. The first-order valence-electron chi connectivity index (χ1n) is 4.95. The third kappa shape index (κ3) is 3.28. The van der Waals surface area contributed by atoms with Gasteiger partial charge in [0.15, 0.2) is 0 Å². The summed E-state index contributed by atoms with van der Waals surface area (Å²) < 4.78 is 0. The minimum atomic E-state index is -0.388. The average molecular weight is 209 g/mol. The minimum absolute atomic E-state index is 0.0993. The Kier molecular flexibility index (Phi) is 4.17. The van der Waals surface area contributed by atoms with Crippen molar-refractivity contribution in [2.45, 2.75) is 26.3 Å². The zero-order chi connectivity index (χ0) is 11.3. The lowest BCUT2D eigenvalue weighted by molar-refractivity contribution is -0.385. The third-order valence-electron chi connectivity index (χ3n) is 2.16. The van der Waals surface area contributed by atoms with E-state index in [-0.39, 0.29) is 16.7 Å². The quantitative estimate of drug-likeness (QED) is 0.589. The summed E-state index contributed by atoms with van der Waals surface area (Å²) in [5.74, 6) is 0. The summed E-state index contributed by atoms with van der Waals surface area (Å²) in [4.78, 5) is 14.1. The van der Waals surface area contributed by atoms with Crippen LogP contribution >= 0.6 is 0 Å². The van der Waals surface area contributed by atoms with E-state index in [2.05, 4.69) is 10.3 Å². The number of rotatable bonds is 5. The van der Waals surface area contributed by atoms with Gasteiger partial charge >= 0.3 is 0 Å². The number of hydrogen-bond donors (Lipinski definition) is 1. The number of nitro groups is 1. The Bertz CT molecular complexity index is 341. The molecule has 0 aliphatic carbocycles. The Morgan fingerprint density at radius 1 is 1.67 bits per heavy atom. The van der Waals surface area contributed by atoms with Crippen LogP contribution < -0.4 is 5.32 Å². The number of pyridine rings is 1. The molecule has 0 spiro atoms. The Morgan fingerprint density at radius 3 is 3.00 bits per heavy atom. The molecule has 1 N–H and O–H groups in total. The molecule has 0 bridgehead atoms. The van der Waals surface area contributed by atoms with Gasteiger partial charge in [0.2, 0.25) is 0 Å². The van der Waals surface area contributed by atoms with Crippen LogP contribution in [0.5, 0.6) is 0 Å². The highest BCUT2D eigenvalue weighted by atomic mass is 16.6. The second-order valence-corrected chi connectivity index (χ2v) is 3.42. The van der Waals surface area contributed by atoms with Crippen molar-refractivity contribution in [3.05, 3.63) is 34.1 Å². The molecule has 0 aromatic carbocycles. The van der Waals surface area contributed by atoms with Gasteiger partial charge < -0.3 is 5.32 Å². The van der Waals surface area contributed by atoms with Crippen LogP contribution in [0.1, 0.15) is 19.4 Å². The van der Waals surface area contributed by atoms with Crippen LogP contribution in [0.4, 0.5) is 5.69 Å². The second kappa shape index (κ2) is 5.41. The van der Waals surface area contributed by atoms with Crippen molar-refractivity contribution in [1.82, 2.24) is 10.3 Å². The molecule has 0 saturated carbocycles. The average Bonchev–Trinajstić information content (AvgIpc) is 2.18. The maximum Gasteiger partial charge on any atom is 0.290 e. The molecule has 5 heteroatoms. The van der Waals surface area contributed by atoms with Gasteiger partial charge in [0, 0.05) is 17.8 Å².